The van der Waals surface area contributed by atoms with E-state index in [1.54, 1.807) is 11.3 Å². The Labute approximate surface area is 221 Å². The van der Waals surface area contributed by atoms with Crippen molar-refractivity contribution in [1.82, 2.24) is 15.0 Å². The minimum Gasteiger partial charge on any atom is -0.480 e. The molecule has 4 N–H and O–H groups in total. The average molecular weight is 544 g/mol. The maximum absolute atomic E-state index is 11.8. The number of pyridine rings is 1. The van der Waals surface area contributed by atoms with Crippen LogP contribution in [0.1, 0.15) is 50.3 Å². The van der Waals surface area contributed by atoms with Crippen molar-refractivity contribution in [3.8, 4) is 22.4 Å². The molecule has 37 heavy (non-hydrogen) atoms. The number of thiophene rings is 1. The lowest BCUT2D eigenvalue weighted by Crippen LogP contribution is -2.46. The van der Waals surface area contributed by atoms with Gasteiger partial charge in [0, 0.05) is 35.6 Å². The maximum atomic E-state index is 11.8. The maximum Gasteiger partial charge on any atom is 0.403 e. The van der Waals surface area contributed by atoms with Crippen LogP contribution in [-0.2, 0) is 22.3 Å². The standard InChI is InChI=1S/C27H34N3O5PS/c1-2-3-4-5-6-19-7-9-20(10-8-19)23-12-11-22(29-25(23)21-14-16-37-18-21)17-28-24-13-15-30(36(33,34)35)26(24)27(31)32/h7-12,14,16,18,24,26,28H,2-6,13,15,17H2,1H3,(H,31,32)(H2,33,34,35)/t24?,26-/m0/s1. The van der Waals surface area contributed by atoms with Gasteiger partial charge in [-0.25, -0.2) is 4.57 Å². The van der Waals surface area contributed by atoms with Crippen molar-refractivity contribution in [3.05, 3.63) is 64.5 Å². The minimum absolute atomic E-state index is 0.0139. The van der Waals surface area contributed by atoms with Crippen LogP contribution in [0.4, 0.5) is 0 Å². The minimum atomic E-state index is -4.65. The smallest absolute Gasteiger partial charge is 0.403 e. The second-order valence-electron chi connectivity index (χ2n) is 9.45. The van der Waals surface area contributed by atoms with Gasteiger partial charge >= 0.3 is 13.7 Å². The molecule has 3 aromatic rings. The molecule has 0 amide bonds. The molecule has 198 valence electrons. The summed E-state index contributed by atoms with van der Waals surface area (Å²) < 4.78 is 12.5. The number of benzene rings is 1. The molecule has 1 aliphatic rings. The number of nitrogens with one attached hydrogen (secondary N) is 1. The molecule has 2 atom stereocenters. The van der Waals surface area contributed by atoms with Gasteiger partial charge in [-0.05, 0) is 47.9 Å². The zero-order chi connectivity index (χ0) is 26.4. The SMILES string of the molecule is CCCCCCc1ccc(-c2ccc(CNC3CCN(P(=O)(O)O)[C@@H]3C(=O)O)nc2-c2ccsc2)cc1. The van der Waals surface area contributed by atoms with Crippen molar-refractivity contribution < 1.29 is 24.3 Å². The molecule has 10 heteroatoms. The van der Waals surface area contributed by atoms with Crippen molar-refractivity contribution >= 4 is 25.1 Å². The van der Waals surface area contributed by atoms with Crippen LogP contribution in [-0.4, -0.2) is 49.1 Å². The molecule has 1 unspecified atom stereocenters. The third-order valence-electron chi connectivity index (χ3n) is 6.84. The molecule has 0 spiro atoms. The molecule has 8 nitrogen and oxygen atoms in total. The first-order valence-electron chi connectivity index (χ1n) is 12.7. The van der Waals surface area contributed by atoms with Crippen LogP contribution in [0.5, 0.6) is 0 Å². The Hall–Kier alpha value is -2.39. The molecule has 2 aromatic heterocycles. The van der Waals surface area contributed by atoms with E-state index >= 15 is 0 Å². The Bertz CT molecular complexity index is 1230. The lowest BCUT2D eigenvalue weighted by molar-refractivity contribution is -0.141. The second-order valence-corrected chi connectivity index (χ2v) is 11.8. The molecule has 0 bridgehead atoms. The highest BCUT2D eigenvalue weighted by atomic mass is 32.1. The number of carbonyl (C=O) groups is 1. The fourth-order valence-electron chi connectivity index (χ4n) is 4.87. The number of hydrogen-bond acceptors (Lipinski definition) is 5. The molecule has 3 heterocycles. The zero-order valence-electron chi connectivity index (χ0n) is 20.9. The number of nitrogens with zero attached hydrogens (tertiary/aromatic N) is 2. The van der Waals surface area contributed by atoms with Gasteiger partial charge in [-0.3, -0.25) is 9.78 Å². The van der Waals surface area contributed by atoms with Crippen molar-refractivity contribution in [2.24, 2.45) is 0 Å². The number of rotatable bonds is 12. The van der Waals surface area contributed by atoms with E-state index in [-0.39, 0.29) is 13.1 Å². The molecule has 0 saturated carbocycles. The van der Waals surface area contributed by atoms with Gasteiger partial charge in [-0.15, -0.1) is 0 Å². The normalized spacial score (nSPS) is 18.4. The van der Waals surface area contributed by atoms with Gasteiger partial charge in [0.15, 0.2) is 0 Å². The molecule has 1 aromatic carbocycles. The van der Waals surface area contributed by atoms with E-state index in [2.05, 4.69) is 41.9 Å². The second kappa shape index (κ2) is 12.4. The molecule has 1 saturated heterocycles. The summed E-state index contributed by atoms with van der Waals surface area (Å²) in [5.74, 6) is -1.26. The molecular formula is C27H34N3O5PS. The van der Waals surface area contributed by atoms with E-state index in [0.29, 0.717) is 6.42 Å². The van der Waals surface area contributed by atoms with Crippen LogP contribution in [0.3, 0.4) is 0 Å². The summed E-state index contributed by atoms with van der Waals surface area (Å²) in [4.78, 5) is 35.7. The van der Waals surface area contributed by atoms with E-state index in [4.69, 9.17) is 4.98 Å². The average Bonchev–Trinajstić information content (AvgIpc) is 3.56. The predicted octanol–water partition coefficient (Wildman–Crippen LogP) is 5.31. The number of carboxylic acids is 1. The summed E-state index contributed by atoms with van der Waals surface area (Å²) in [6, 6.07) is 12.8. The van der Waals surface area contributed by atoms with E-state index in [1.807, 2.05) is 23.6 Å². The van der Waals surface area contributed by atoms with Gasteiger partial charge < -0.3 is 20.2 Å². The summed E-state index contributed by atoms with van der Waals surface area (Å²) >= 11 is 1.60. The lowest BCUT2D eigenvalue weighted by Gasteiger charge is -2.25. The molecule has 1 aliphatic heterocycles. The summed E-state index contributed by atoms with van der Waals surface area (Å²) in [5.41, 5.74) is 6.05. The van der Waals surface area contributed by atoms with Crippen molar-refractivity contribution in [2.45, 2.75) is 64.1 Å². The highest BCUT2D eigenvalue weighted by Crippen LogP contribution is 2.45. The van der Waals surface area contributed by atoms with Crippen LogP contribution >= 0.6 is 19.1 Å². The van der Waals surface area contributed by atoms with Gasteiger partial charge in [-0.1, -0.05) is 56.5 Å². The van der Waals surface area contributed by atoms with E-state index in [1.165, 1.54) is 31.2 Å². The van der Waals surface area contributed by atoms with Gasteiger partial charge in [0.2, 0.25) is 0 Å². The molecule has 1 fully saturated rings. The first-order valence-corrected chi connectivity index (χ1v) is 15.2. The molecule has 0 aliphatic carbocycles. The van der Waals surface area contributed by atoms with Crippen LogP contribution < -0.4 is 5.32 Å². The van der Waals surface area contributed by atoms with Gasteiger partial charge in [0.1, 0.15) is 6.04 Å². The van der Waals surface area contributed by atoms with Crippen molar-refractivity contribution in [1.29, 1.82) is 0 Å². The monoisotopic (exact) mass is 543 g/mol. The highest BCUT2D eigenvalue weighted by molar-refractivity contribution is 7.49. The zero-order valence-corrected chi connectivity index (χ0v) is 22.6. The van der Waals surface area contributed by atoms with Crippen LogP contribution in [0, 0.1) is 0 Å². The summed E-state index contributed by atoms with van der Waals surface area (Å²) in [7, 11) is -4.65. The summed E-state index contributed by atoms with van der Waals surface area (Å²) in [5, 5.41) is 16.8. The molecule has 0 radical (unpaired) electrons. The Morgan fingerprint density at radius 2 is 1.89 bits per heavy atom. The number of aliphatic carboxylic acids is 1. The van der Waals surface area contributed by atoms with Crippen LogP contribution in [0.15, 0.2) is 53.2 Å². The van der Waals surface area contributed by atoms with E-state index < -0.39 is 25.8 Å². The number of aryl methyl sites for hydroxylation is 1. The largest absolute Gasteiger partial charge is 0.480 e. The fraction of sp³-hybridized carbons (Fsp3) is 0.407. The first-order chi connectivity index (χ1) is 17.8. The van der Waals surface area contributed by atoms with Crippen molar-refractivity contribution in [2.75, 3.05) is 6.54 Å². The van der Waals surface area contributed by atoms with Crippen LogP contribution in [0.25, 0.3) is 22.4 Å². The van der Waals surface area contributed by atoms with Crippen molar-refractivity contribution in [3.63, 3.8) is 0 Å². The van der Waals surface area contributed by atoms with Gasteiger partial charge in [0.05, 0.1) is 11.4 Å². The highest BCUT2D eigenvalue weighted by Gasteiger charge is 2.46. The van der Waals surface area contributed by atoms with Gasteiger partial charge in [0.25, 0.3) is 0 Å². The summed E-state index contributed by atoms with van der Waals surface area (Å²) in [6.45, 7) is 2.52. The third-order valence-corrected chi connectivity index (χ3v) is 8.64. The predicted molar refractivity (Wildman–Crippen MR) is 146 cm³/mol. The van der Waals surface area contributed by atoms with Crippen LogP contribution in [0.2, 0.25) is 0 Å². The quantitative estimate of drug-likeness (QED) is 0.179. The first kappa shape index (κ1) is 27.6. The third kappa shape index (κ3) is 6.93. The number of aromatic nitrogens is 1. The van der Waals surface area contributed by atoms with Gasteiger partial charge in [-0.2, -0.15) is 16.0 Å². The number of hydrogen-bond donors (Lipinski definition) is 4. The Morgan fingerprint density at radius 3 is 2.54 bits per heavy atom. The van der Waals surface area contributed by atoms with E-state index in [0.717, 1.165) is 39.2 Å². The Morgan fingerprint density at radius 1 is 1.11 bits per heavy atom. The molecule has 4 rings (SSSR count). The molecular weight excluding hydrogens is 509 g/mol. The number of carboxylic acid groups (broad SMARTS) is 1. The number of unbranched alkanes of at least 4 members (excludes halogenated alkanes) is 3. The lowest BCUT2D eigenvalue weighted by atomic mass is 9.98. The summed E-state index contributed by atoms with van der Waals surface area (Å²) in [6.07, 6.45) is 6.36. The fourth-order valence-corrected chi connectivity index (χ4v) is 6.47. The Balaban J connectivity index is 1.51. The Kier molecular flexibility index (Phi) is 9.29. The topological polar surface area (TPSA) is 123 Å². The van der Waals surface area contributed by atoms with E-state index in [9.17, 15) is 24.3 Å².